The third kappa shape index (κ3) is 3.27. The maximum absolute atomic E-state index is 5.52. The molecule has 0 atom stereocenters. The van der Waals surface area contributed by atoms with Crippen LogP contribution in [-0.2, 0) is 0 Å². The Morgan fingerprint density at radius 3 is 2.53 bits per heavy atom. The average Bonchev–Trinajstić information content (AvgIpc) is 2.79. The van der Waals surface area contributed by atoms with Gasteiger partial charge in [0, 0.05) is 11.8 Å². The number of hydrogen-bond donors (Lipinski definition) is 2. The van der Waals surface area contributed by atoms with Crippen molar-refractivity contribution in [1.82, 2.24) is 10.2 Å². The fourth-order valence-electron chi connectivity index (χ4n) is 1.54. The maximum Gasteiger partial charge on any atom is 0.321 e. The highest BCUT2D eigenvalue weighted by atomic mass is 16.5. The number of ether oxygens (including phenoxy) is 2. The predicted octanol–water partition coefficient (Wildman–Crippen LogP) is 2.19. The standard InChI is InChI=1S/C12H16N4O3/c1-3-17-9-6-5-8(7-10(9)18-4-2)14-12-16-15-11(13)19-12/h5-7H,3-4H2,1-2H3,(H2,13,15)(H,14,16). The molecular formula is C12H16N4O3. The summed E-state index contributed by atoms with van der Waals surface area (Å²) in [5, 5.41) is 10.2. The quantitative estimate of drug-likeness (QED) is 0.825. The Labute approximate surface area is 110 Å². The summed E-state index contributed by atoms with van der Waals surface area (Å²) in [5.74, 6) is 1.35. The number of hydrogen-bond acceptors (Lipinski definition) is 7. The molecule has 7 heteroatoms. The van der Waals surface area contributed by atoms with Crippen LogP contribution in [0.4, 0.5) is 17.7 Å². The van der Waals surface area contributed by atoms with E-state index in [1.165, 1.54) is 0 Å². The van der Waals surface area contributed by atoms with Crippen LogP contribution in [0, 0.1) is 0 Å². The lowest BCUT2D eigenvalue weighted by atomic mass is 10.2. The van der Waals surface area contributed by atoms with Crippen molar-refractivity contribution < 1.29 is 13.9 Å². The van der Waals surface area contributed by atoms with E-state index in [0.29, 0.717) is 24.7 Å². The van der Waals surface area contributed by atoms with Crippen LogP contribution in [-0.4, -0.2) is 23.4 Å². The second-order valence-corrected chi connectivity index (χ2v) is 3.60. The molecule has 0 bridgehead atoms. The zero-order valence-corrected chi connectivity index (χ0v) is 10.8. The van der Waals surface area contributed by atoms with Crippen LogP contribution >= 0.6 is 0 Å². The fraction of sp³-hybridized carbons (Fsp3) is 0.333. The Hall–Kier alpha value is -2.44. The predicted molar refractivity (Wildman–Crippen MR) is 70.8 cm³/mol. The number of aromatic nitrogens is 2. The van der Waals surface area contributed by atoms with Gasteiger partial charge in [0.05, 0.1) is 13.2 Å². The van der Waals surface area contributed by atoms with Crippen molar-refractivity contribution in [1.29, 1.82) is 0 Å². The monoisotopic (exact) mass is 264 g/mol. The summed E-state index contributed by atoms with van der Waals surface area (Å²) >= 11 is 0. The number of benzene rings is 1. The second-order valence-electron chi connectivity index (χ2n) is 3.60. The molecule has 0 fully saturated rings. The number of nitrogens with zero attached hydrogens (tertiary/aromatic N) is 2. The zero-order valence-electron chi connectivity index (χ0n) is 10.8. The van der Waals surface area contributed by atoms with E-state index in [-0.39, 0.29) is 12.0 Å². The van der Waals surface area contributed by atoms with Crippen molar-refractivity contribution in [3.8, 4) is 11.5 Å². The second kappa shape index (κ2) is 5.94. The molecule has 1 aromatic carbocycles. The van der Waals surface area contributed by atoms with E-state index in [0.717, 1.165) is 5.69 Å². The van der Waals surface area contributed by atoms with E-state index < -0.39 is 0 Å². The minimum absolute atomic E-state index is 0.0125. The van der Waals surface area contributed by atoms with Gasteiger partial charge in [-0.05, 0) is 26.0 Å². The van der Waals surface area contributed by atoms with Crippen LogP contribution in [0.15, 0.2) is 22.6 Å². The molecule has 0 unspecified atom stereocenters. The summed E-state index contributed by atoms with van der Waals surface area (Å²) in [7, 11) is 0. The van der Waals surface area contributed by atoms with Crippen LogP contribution in [0.3, 0.4) is 0 Å². The van der Waals surface area contributed by atoms with E-state index in [9.17, 15) is 0 Å². The van der Waals surface area contributed by atoms with Gasteiger partial charge in [0.1, 0.15) is 0 Å². The third-order valence-corrected chi connectivity index (χ3v) is 2.24. The smallest absolute Gasteiger partial charge is 0.321 e. The largest absolute Gasteiger partial charge is 0.490 e. The molecule has 3 N–H and O–H groups in total. The van der Waals surface area contributed by atoms with Crippen molar-refractivity contribution in [3.63, 3.8) is 0 Å². The summed E-state index contributed by atoms with van der Waals surface area (Å²) in [5.41, 5.74) is 6.09. The molecular weight excluding hydrogens is 248 g/mol. The minimum atomic E-state index is 0.0125. The summed E-state index contributed by atoms with van der Waals surface area (Å²) in [4.78, 5) is 0. The van der Waals surface area contributed by atoms with Gasteiger partial charge in [-0.15, -0.1) is 0 Å². The van der Waals surface area contributed by atoms with Gasteiger partial charge in [-0.3, -0.25) is 0 Å². The van der Waals surface area contributed by atoms with Gasteiger partial charge in [0.2, 0.25) is 0 Å². The van der Waals surface area contributed by atoms with Gasteiger partial charge in [0.15, 0.2) is 11.5 Å². The number of nitrogens with one attached hydrogen (secondary N) is 1. The first-order valence-electron chi connectivity index (χ1n) is 5.98. The lowest BCUT2D eigenvalue weighted by Crippen LogP contribution is -1.99. The molecule has 0 saturated carbocycles. The lowest BCUT2D eigenvalue weighted by molar-refractivity contribution is 0.288. The van der Waals surface area contributed by atoms with E-state index in [1.54, 1.807) is 6.07 Å². The number of rotatable bonds is 6. The van der Waals surface area contributed by atoms with Gasteiger partial charge in [-0.2, -0.15) is 0 Å². The maximum atomic E-state index is 5.52. The molecule has 0 aliphatic rings. The highest BCUT2D eigenvalue weighted by Crippen LogP contribution is 2.31. The van der Waals surface area contributed by atoms with Gasteiger partial charge in [0.25, 0.3) is 0 Å². The van der Waals surface area contributed by atoms with Crippen LogP contribution in [0.2, 0.25) is 0 Å². The van der Waals surface area contributed by atoms with Crippen molar-refractivity contribution in [2.75, 3.05) is 24.3 Å². The first-order chi connectivity index (χ1) is 9.22. The van der Waals surface area contributed by atoms with Crippen molar-refractivity contribution in [2.45, 2.75) is 13.8 Å². The summed E-state index contributed by atoms with van der Waals surface area (Å²) in [6.07, 6.45) is 0. The van der Waals surface area contributed by atoms with Crippen molar-refractivity contribution in [3.05, 3.63) is 18.2 Å². The van der Waals surface area contributed by atoms with Gasteiger partial charge in [-0.1, -0.05) is 10.2 Å². The fourth-order valence-corrected chi connectivity index (χ4v) is 1.54. The van der Waals surface area contributed by atoms with Crippen LogP contribution in [0.1, 0.15) is 13.8 Å². The summed E-state index contributed by atoms with van der Waals surface area (Å²) in [6.45, 7) is 4.96. The minimum Gasteiger partial charge on any atom is -0.490 e. The molecule has 0 radical (unpaired) electrons. The molecule has 7 nitrogen and oxygen atoms in total. The average molecular weight is 264 g/mol. The lowest BCUT2D eigenvalue weighted by Gasteiger charge is -2.12. The molecule has 1 aromatic heterocycles. The Balaban J connectivity index is 2.19. The topological polar surface area (TPSA) is 95.4 Å². The zero-order chi connectivity index (χ0) is 13.7. The summed E-state index contributed by atoms with van der Waals surface area (Å²) in [6, 6.07) is 5.68. The molecule has 19 heavy (non-hydrogen) atoms. The Bertz CT molecular complexity index is 542. The molecule has 0 aliphatic carbocycles. The van der Waals surface area contributed by atoms with Crippen LogP contribution in [0.25, 0.3) is 0 Å². The van der Waals surface area contributed by atoms with Crippen molar-refractivity contribution in [2.24, 2.45) is 0 Å². The normalized spacial score (nSPS) is 10.2. The molecule has 0 amide bonds. The number of nitrogens with two attached hydrogens (primary N) is 1. The van der Waals surface area contributed by atoms with Crippen LogP contribution in [0.5, 0.6) is 11.5 Å². The SMILES string of the molecule is CCOc1ccc(Nc2nnc(N)o2)cc1OCC. The van der Waals surface area contributed by atoms with Gasteiger partial charge in [-0.25, -0.2) is 0 Å². The molecule has 1 heterocycles. The highest BCUT2D eigenvalue weighted by molar-refractivity contribution is 5.59. The Kier molecular flexibility index (Phi) is 4.07. The molecule has 0 spiro atoms. The first kappa shape index (κ1) is 13.0. The van der Waals surface area contributed by atoms with E-state index in [4.69, 9.17) is 19.6 Å². The third-order valence-electron chi connectivity index (χ3n) is 2.24. The molecule has 2 aromatic rings. The Morgan fingerprint density at radius 1 is 1.16 bits per heavy atom. The number of anilines is 3. The molecule has 0 aliphatic heterocycles. The van der Waals surface area contributed by atoms with Crippen LogP contribution < -0.4 is 20.5 Å². The summed E-state index contributed by atoms with van der Waals surface area (Å²) < 4.78 is 16.0. The highest BCUT2D eigenvalue weighted by Gasteiger charge is 2.08. The first-order valence-corrected chi connectivity index (χ1v) is 5.98. The molecule has 0 saturated heterocycles. The van der Waals surface area contributed by atoms with Gasteiger partial charge >= 0.3 is 12.0 Å². The molecule has 102 valence electrons. The van der Waals surface area contributed by atoms with E-state index >= 15 is 0 Å². The van der Waals surface area contributed by atoms with Gasteiger partial charge < -0.3 is 24.9 Å². The van der Waals surface area contributed by atoms with E-state index in [2.05, 4.69) is 15.5 Å². The number of nitrogen functional groups attached to an aromatic ring is 1. The molecule has 2 rings (SSSR count). The van der Waals surface area contributed by atoms with E-state index in [1.807, 2.05) is 26.0 Å². The van der Waals surface area contributed by atoms with Crippen molar-refractivity contribution >= 4 is 17.7 Å². The Morgan fingerprint density at radius 2 is 1.89 bits per heavy atom.